The molecule has 1 aliphatic heterocycles. The van der Waals surface area contributed by atoms with Gasteiger partial charge in [-0.1, -0.05) is 0 Å². The zero-order valence-electron chi connectivity index (χ0n) is 9.98. The van der Waals surface area contributed by atoms with Gasteiger partial charge >= 0.3 is 104 Å². The van der Waals surface area contributed by atoms with Crippen molar-refractivity contribution in [2.75, 3.05) is 31.1 Å². The van der Waals surface area contributed by atoms with Crippen LogP contribution in [-0.2, 0) is 0 Å². The van der Waals surface area contributed by atoms with Crippen LogP contribution in [0.4, 0.5) is 5.82 Å². The van der Waals surface area contributed by atoms with E-state index in [0.717, 1.165) is 30.9 Å². The molecule has 0 aliphatic carbocycles. The fourth-order valence-electron chi connectivity index (χ4n) is 1.89. The van der Waals surface area contributed by atoms with Crippen LogP contribution in [-0.4, -0.2) is 46.9 Å². The van der Waals surface area contributed by atoms with Crippen LogP contribution in [0, 0.1) is 0 Å². The maximum absolute atomic E-state index is 4.58. The van der Waals surface area contributed by atoms with Gasteiger partial charge in [0.15, 0.2) is 0 Å². The standard InChI is InChI=1S/C12H19AsN3/c1-10(2)13-11-4-3-5-15-12(11)16-8-6-14-7-9-16/h3-5,10,14H,6-9H2,1-2H3. The van der Waals surface area contributed by atoms with E-state index in [-0.39, 0.29) is 15.8 Å². The van der Waals surface area contributed by atoms with Crippen molar-refractivity contribution < 1.29 is 0 Å². The molecule has 0 atom stereocenters. The van der Waals surface area contributed by atoms with E-state index >= 15 is 0 Å². The first-order valence-corrected chi connectivity index (χ1v) is 7.91. The average Bonchev–Trinajstić information content (AvgIpc) is 2.30. The van der Waals surface area contributed by atoms with Crippen molar-refractivity contribution in [2.24, 2.45) is 0 Å². The summed E-state index contributed by atoms with van der Waals surface area (Å²) in [5.41, 5.74) is 0. The molecule has 1 N–H and O–H groups in total. The third-order valence-electron chi connectivity index (χ3n) is 2.58. The molecule has 1 radical (unpaired) electrons. The Morgan fingerprint density at radius 1 is 1.38 bits per heavy atom. The van der Waals surface area contributed by atoms with Crippen molar-refractivity contribution in [2.45, 2.75) is 18.6 Å². The topological polar surface area (TPSA) is 28.2 Å². The normalized spacial score (nSPS) is 17.6. The summed E-state index contributed by atoms with van der Waals surface area (Å²) in [6.45, 7) is 8.93. The molecule has 3 nitrogen and oxygen atoms in total. The Hall–Kier alpha value is -0.532. The van der Waals surface area contributed by atoms with Gasteiger partial charge in [-0.3, -0.25) is 0 Å². The first kappa shape index (κ1) is 11.9. The molecule has 1 aliphatic rings. The molecule has 2 rings (SSSR count). The number of hydrogen-bond donors (Lipinski definition) is 1. The van der Waals surface area contributed by atoms with Crippen molar-refractivity contribution in [1.29, 1.82) is 0 Å². The van der Waals surface area contributed by atoms with Gasteiger partial charge in [0.1, 0.15) is 0 Å². The molecule has 0 spiro atoms. The molecule has 1 aromatic rings. The SMILES string of the molecule is CC(C)[As]c1cccnc1N1CCNCC1. The van der Waals surface area contributed by atoms with E-state index in [4.69, 9.17) is 0 Å². The Kier molecular flexibility index (Phi) is 4.25. The third-order valence-corrected chi connectivity index (χ3v) is 4.98. The van der Waals surface area contributed by atoms with E-state index in [2.05, 4.69) is 41.2 Å². The Balaban J connectivity index is 2.17. The molecule has 1 saturated heterocycles. The van der Waals surface area contributed by atoms with Crippen LogP contribution < -0.4 is 14.6 Å². The van der Waals surface area contributed by atoms with Crippen molar-refractivity contribution in [3.8, 4) is 0 Å². The summed E-state index contributed by atoms with van der Waals surface area (Å²) < 4.78 is 2.26. The molecule has 1 aromatic heterocycles. The Morgan fingerprint density at radius 2 is 2.12 bits per heavy atom. The van der Waals surface area contributed by atoms with Gasteiger partial charge in [0.05, 0.1) is 0 Å². The molecule has 0 saturated carbocycles. The first-order valence-electron chi connectivity index (χ1n) is 5.89. The molecule has 16 heavy (non-hydrogen) atoms. The second kappa shape index (κ2) is 5.69. The summed E-state index contributed by atoms with van der Waals surface area (Å²) in [5.74, 6) is 1.23. The first-order chi connectivity index (χ1) is 7.77. The van der Waals surface area contributed by atoms with Crippen molar-refractivity contribution in [1.82, 2.24) is 10.3 Å². The quantitative estimate of drug-likeness (QED) is 0.824. The summed E-state index contributed by atoms with van der Waals surface area (Å²) in [4.78, 5) is 7.00. The fourth-order valence-corrected chi connectivity index (χ4v) is 4.08. The van der Waals surface area contributed by atoms with E-state index in [0.29, 0.717) is 0 Å². The molecule has 4 heteroatoms. The molecule has 0 unspecified atom stereocenters. The molecule has 2 heterocycles. The van der Waals surface area contributed by atoms with Gasteiger partial charge < -0.3 is 0 Å². The summed E-state index contributed by atoms with van der Waals surface area (Å²) in [6.07, 6.45) is 1.92. The van der Waals surface area contributed by atoms with Crippen LogP contribution in [0.25, 0.3) is 0 Å². The second-order valence-corrected chi connectivity index (χ2v) is 8.03. The van der Waals surface area contributed by atoms with Gasteiger partial charge in [-0.2, -0.15) is 0 Å². The van der Waals surface area contributed by atoms with E-state index in [9.17, 15) is 0 Å². The zero-order valence-corrected chi connectivity index (χ0v) is 11.9. The molecular formula is C12H19AsN3. The van der Waals surface area contributed by atoms with E-state index in [1.165, 1.54) is 10.2 Å². The van der Waals surface area contributed by atoms with Crippen molar-refractivity contribution in [3.63, 3.8) is 0 Å². The molecule has 0 bridgehead atoms. The summed E-state index contributed by atoms with van der Waals surface area (Å²) in [7, 11) is 0. The molecule has 0 aromatic carbocycles. The number of aromatic nitrogens is 1. The Morgan fingerprint density at radius 3 is 2.81 bits per heavy atom. The van der Waals surface area contributed by atoms with Gasteiger partial charge in [-0.15, -0.1) is 0 Å². The van der Waals surface area contributed by atoms with Crippen molar-refractivity contribution in [3.05, 3.63) is 18.3 Å². The van der Waals surface area contributed by atoms with Crippen LogP contribution in [0.2, 0.25) is 4.71 Å². The number of piperazine rings is 1. The monoisotopic (exact) mass is 280 g/mol. The number of rotatable bonds is 3. The van der Waals surface area contributed by atoms with Crippen LogP contribution in [0.15, 0.2) is 18.3 Å². The minimum absolute atomic E-state index is 0.245. The summed E-state index contributed by atoms with van der Waals surface area (Å²) >= 11 is 0.245. The summed E-state index contributed by atoms with van der Waals surface area (Å²) in [6, 6.07) is 4.32. The van der Waals surface area contributed by atoms with Crippen LogP contribution in [0.1, 0.15) is 13.8 Å². The predicted molar refractivity (Wildman–Crippen MR) is 69.8 cm³/mol. The number of hydrogen-bond acceptors (Lipinski definition) is 3. The fraction of sp³-hybridized carbons (Fsp3) is 0.583. The van der Waals surface area contributed by atoms with E-state index in [1.807, 2.05) is 6.20 Å². The van der Waals surface area contributed by atoms with Crippen molar-refractivity contribution >= 4 is 25.9 Å². The third kappa shape index (κ3) is 2.99. The van der Waals surface area contributed by atoms with Gasteiger partial charge in [0.2, 0.25) is 0 Å². The van der Waals surface area contributed by atoms with Crippen LogP contribution in [0.3, 0.4) is 0 Å². The van der Waals surface area contributed by atoms with Crippen LogP contribution in [0.5, 0.6) is 0 Å². The van der Waals surface area contributed by atoms with E-state index in [1.54, 1.807) is 0 Å². The van der Waals surface area contributed by atoms with Gasteiger partial charge in [0, 0.05) is 0 Å². The summed E-state index contributed by atoms with van der Waals surface area (Å²) in [5, 5.41) is 3.38. The molecule has 1 fully saturated rings. The van der Waals surface area contributed by atoms with Gasteiger partial charge in [0.25, 0.3) is 0 Å². The Labute approximate surface area is 104 Å². The number of pyridine rings is 1. The Bertz CT molecular complexity index is 335. The van der Waals surface area contributed by atoms with Gasteiger partial charge in [-0.05, 0) is 0 Å². The number of nitrogens with one attached hydrogen (secondary N) is 1. The minimum atomic E-state index is 0.245. The maximum atomic E-state index is 4.58. The van der Waals surface area contributed by atoms with Gasteiger partial charge in [-0.25, -0.2) is 0 Å². The predicted octanol–water partition coefficient (Wildman–Crippen LogP) is 0.649. The number of anilines is 1. The molecule has 0 amide bonds. The van der Waals surface area contributed by atoms with Crippen LogP contribution >= 0.6 is 0 Å². The average molecular weight is 280 g/mol. The zero-order chi connectivity index (χ0) is 11.4. The second-order valence-electron chi connectivity index (χ2n) is 4.31. The molecule has 87 valence electrons. The molecular weight excluding hydrogens is 261 g/mol. The van der Waals surface area contributed by atoms with E-state index < -0.39 is 0 Å². The number of nitrogens with zero attached hydrogens (tertiary/aromatic N) is 2.